The van der Waals surface area contributed by atoms with Gasteiger partial charge in [-0.05, 0) is 89.9 Å². The molecule has 0 aliphatic carbocycles. The number of phosphoric ester groups is 1. The van der Waals surface area contributed by atoms with Gasteiger partial charge in [-0.1, -0.05) is 241 Å². The van der Waals surface area contributed by atoms with E-state index in [-0.39, 0.29) is 25.9 Å². The van der Waals surface area contributed by atoms with Gasteiger partial charge in [0.1, 0.15) is 12.7 Å². The van der Waals surface area contributed by atoms with Crippen LogP contribution in [0.25, 0.3) is 0 Å². The zero-order chi connectivity index (χ0) is 55.5. The van der Waals surface area contributed by atoms with E-state index in [4.69, 9.17) is 23.3 Å². The fourth-order valence-electron chi connectivity index (χ4n) is 8.44. The van der Waals surface area contributed by atoms with Crippen LogP contribution in [-0.4, -0.2) is 66.5 Å². The summed E-state index contributed by atoms with van der Waals surface area (Å²) < 4.78 is 39.6. The molecule has 76 heavy (non-hydrogen) atoms. The molecule has 3 atom stereocenters. The summed E-state index contributed by atoms with van der Waals surface area (Å²) in [5, 5.41) is 9.84. The van der Waals surface area contributed by atoms with Crippen LogP contribution < -0.4 is 0 Å². The summed E-state index contributed by atoms with van der Waals surface area (Å²) in [6.07, 6.45) is 65.6. The fraction of sp³-hybridized carbons (Fsp3) is 0.766. The molecule has 0 saturated heterocycles. The average Bonchev–Trinajstić information content (AvgIpc) is 3.41. The maximum absolute atomic E-state index is 12.9. The van der Waals surface area contributed by atoms with Gasteiger partial charge in [0.2, 0.25) is 0 Å². The standard InChI is InChI=1S/C64H113O11P/c1-4-7-10-13-16-19-22-25-28-29-30-31-34-37-40-43-46-49-52-55-64(68)75-61(57-71-62(66)53-50-47-44-41-38-35-32-26-23-20-17-14-11-8-5-2)59-73-76(69,70)72-58-60(56-65)74-63(67)54-51-48-45-42-39-36-33-27-24-21-18-15-12-9-6-3/h7,10,16-17,19-20,25-26,28,30-32,60-61,65H,4-6,8-9,11-15,18,21-24,27,29,33-59H2,1-3H3,(H,69,70)/b10-7-,19-16-,20-17-,28-25-,31-30-,32-26-. The van der Waals surface area contributed by atoms with Gasteiger partial charge >= 0.3 is 25.7 Å². The normalized spacial score (nSPS) is 13.8. The molecule has 0 radical (unpaired) electrons. The topological polar surface area (TPSA) is 155 Å². The number of esters is 3. The third-order valence-corrected chi connectivity index (χ3v) is 14.1. The highest BCUT2D eigenvalue weighted by Crippen LogP contribution is 2.43. The Morgan fingerprint density at radius 1 is 0.382 bits per heavy atom. The molecule has 0 aliphatic heterocycles. The maximum atomic E-state index is 12.9. The zero-order valence-corrected chi connectivity index (χ0v) is 49.6. The van der Waals surface area contributed by atoms with E-state index >= 15 is 0 Å². The lowest BCUT2D eigenvalue weighted by molar-refractivity contribution is -0.161. The molecule has 0 amide bonds. The third-order valence-electron chi connectivity index (χ3n) is 13.1. The lowest BCUT2D eigenvalue weighted by Crippen LogP contribution is -2.30. The molecule has 0 saturated carbocycles. The lowest BCUT2D eigenvalue weighted by atomic mass is 10.0. The maximum Gasteiger partial charge on any atom is 0.472 e. The summed E-state index contributed by atoms with van der Waals surface area (Å²) >= 11 is 0. The van der Waals surface area contributed by atoms with Gasteiger partial charge in [-0.15, -0.1) is 0 Å². The molecule has 12 heteroatoms. The Bertz CT molecular complexity index is 1550. The van der Waals surface area contributed by atoms with Crippen molar-refractivity contribution in [2.24, 2.45) is 0 Å². The highest BCUT2D eigenvalue weighted by atomic mass is 31.2. The average molecular weight is 1090 g/mol. The van der Waals surface area contributed by atoms with Crippen molar-refractivity contribution in [2.45, 2.75) is 290 Å². The van der Waals surface area contributed by atoms with Crippen molar-refractivity contribution in [2.75, 3.05) is 26.4 Å². The summed E-state index contributed by atoms with van der Waals surface area (Å²) in [5.41, 5.74) is 0. The minimum absolute atomic E-state index is 0.147. The Morgan fingerprint density at radius 2 is 0.684 bits per heavy atom. The van der Waals surface area contributed by atoms with Crippen LogP contribution in [0.3, 0.4) is 0 Å². The van der Waals surface area contributed by atoms with E-state index in [9.17, 15) is 28.9 Å². The predicted molar refractivity (Wildman–Crippen MR) is 316 cm³/mol. The van der Waals surface area contributed by atoms with E-state index in [0.29, 0.717) is 19.3 Å². The first kappa shape index (κ1) is 72.9. The number of allylic oxidation sites excluding steroid dienone is 12. The second-order valence-electron chi connectivity index (χ2n) is 20.5. The second kappa shape index (κ2) is 58.1. The Kier molecular flexibility index (Phi) is 55.7. The number of carbonyl (C=O) groups is 3. The Hall–Kier alpha value is -3.08. The van der Waals surface area contributed by atoms with Gasteiger partial charge in [-0.3, -0.25) is 23.4 Å². The first-order valence-electron chi connectivity index (χ1n) is 30.8. The highest BCUT2D eigenvalue weighted by Gasteiger charge is 2.28. The second-order valence-corrected chi connectivity index (χ2v) is 21.9. The van der Waals surface area contributed by atoms with Crippen molar-refractivity contribution < 1.29 is 52.2 Å². The predicted octanol–water partition coefficient (Wildman–Crippen LogP) is 18.5. The SMILES string of the molecule is CC/C=C\C/C=C\C/C=C\C/C=C\CCCCCCCCC(=O)OC(COC(=O)CCCCCCC/C=C\C/C=C\CCCCC)COP(=O)(O)OCC(CO)OC(=O)CCCCCCCCCCCCCCCCC. The molecule has 0 aromatic heterocycles. The van der Waals surface area contributed by atoms with Crippen LogP contribution in [0, 0.1) is 0 Å². The van der Waals surface area contributed by atoms with Crippen molar-refractivity contribution in [1.82, 2.24) is 0 Å². The van der Waals surface area contributed by atoms with E-state index in [1.54, 1.807) is 0 Å². The Labute approximate surface area is 465 Å². The van der Waals surface area contributed by atoms with Crippen molar-refractivity contribution in [1.29, 1.82) is 0 Å². The molecular weight excluding hydrogens is 976 g/mol. The van der Waals surface area contributed by atoms with Crippen LogP contribution in [-0.2, 0) is 42.2 Å². The van der Waals surface area contributed by atoms with E-state index in [1.807, 2.05) is 0 Å². The van der Waals surface area contributed by atoms with Gasteiger partial charge in [0.05, 0.1) is 19.8 Å². The molecule has 0 heterocycles. The molecule has 0 aromatic carbocycles. The number of aliphatic hydroxyl groups is 1. The van der Waals surface area contributed by atoms with Gasteiger partial charge in [0.15, 0.2) is 6.10 Å². The number of aliphatic hydroxyl groups excluding tert-OH is 1. The van der Waals surface area contributed by atoms with Crippen LogP contribution in [0.4, 0.5) is 0 Å². The van der Waals surface area contributed by atoms with Crippen molar-refractivity contribution in [3.63, 3.8) is 0 Å². The summed E-state index contributed by atoms with van der Waals surface area (Å²) in [6, 6.07) is 0. The van der Waals surface area contributed by atoms with Crippen LogP contribution in [0.5, 0.6) is 0 Å². The van der Waals surface area contributed by atoms with Crippen molar-refractivity contribution in [3.05, 3.63) is 72.9 Å². The number of unbranched alkanes of at least 4 members (excludes halogenated alkanes) is 28. The smallest absolute Gasteiger partial charge is 0.462 e. The quantitative estimate of drug-likeness (QED) is 0.0197. The molecule has 2 N–H and O–H groups in total. The number of ether oxygens (including phenoxy) is 3. The number of phosphoric acid groups is 1. The van der Waals surface area contributed by atoms with E-state index in [0.717, 1.165) is 128 Å². The number of hydrogen-bond donors (Lipinski definition) is 2. The molecule has 0 bridgehead atoms. The van der Waals surface area contributed by atoms with Gasteiger partial charge in [0.25, 0.3) is 0 Å². The third kappa shape index (κ3) is 55.7. The zero-order valence-electron chi connectivity index (χ0n) is 48.7. The number of carbonyl (C=O) groups excluding carboxylic acids is 3. The Morgan fingerprint density at radius 3 is 1.08 bits per heavy atom. The van der Waals surface area contributed by atoms with E-state index in [1.165, 1.54) is 89.9 Å². The summed E-state index contributed by atoms with van der Waals surface area (Å²) in [6.45, 7) is 4.51. The van der Waals surface area contributed by atoms with Crippen LogP contribution in [0.1, 0.15) is 278 Å². The minimum Gasteiger partial charge on any atom is -0.462 e. The fourth-order valence-corrected chi connectivity index (χ4v) is 9.22. The van der Waals surface area contributed by atoms with E-state index in [2.05, 4.69) is 93.7 Å². The largest absolute Gasteiger partial charge is 0.472 e. The van der Waals surface area contributed by atoms with Gasteiger partial charge in [0, 0.05) is 19.3 Å². The number of rotatable bonds is 57. The van der Waals surface area contributed by atoms with Gasteiger partial charge in [-0.25, -0.2) is 4.57 Å². The van der Waals surface area contributed by atoms with Gasteiger partial charge < -0.3 is 24.2 Å². The Balaban J connectivity index is 4.74. The van der Waals surface area contributed by atoms with Crippen molar-refractivity contribution >= 4 is 25.7 Å². The van der Waals surface area contributed by atoms with E-state index < -0.39 is 57.8 Å². The minimum atomic E-state index is -4.76. The van der Waals surface area contributed by atoms with Crippen LogP contribution in [0.2, 0.25) is 0 Å². The molecule has 11 nitrogen and oxygen atoms in total. The van der Waals surface area contributed by atoms with Gasteiger partial charge in [-0.2, -0.15) is 0 Å². The molecule has 3 unspecified atom stereocenters. The van der Waals surface area contributed by atoms with Crippen molar-refractivity contribution in [3.8, 4) is 0 Å². The summed E-state index contributed by atoms with van der Waals surface area (Å²) in [4.78, 5) is 48.7. The monoisotopic (exact) mass is 1090 g/mol. The molecular formula is C64H113O11P. The molecule has 0 aliphatic rings. The first-order valence-corrected chi connectivity index (χ1v) is 32.3. The van der Waals surface area contributed by atoms with Crippen LogP contribution >= 0.6 is 7.82 Å². The first-order chi connectivity index (χ1) is 37.2. The molecule has 0 fully saturated rings. The molecule has 0 spiro atoms. The summed E-state index contributed by atoms with van der Waals surface area (Å²) in [5.74, 6) is -1.49. The highest BCUT2D eigenvalue weighted by molar-refractivity contribution is 7.47. The molecule has 0 aromatic rings. The molecule has 440 valence electrons. The lowest BCUT2D eigenvalue weighted by Gasteiger charge is -2.21. The summed E-state index contributed by atoms with van der Waals surface area (Å²) in [7, 11) is -4.76. The van der Waals surface area contributed by atoms with Crippen LogP contribution in [0.15, 0.2) is 72.9 Å². The molecule has 0 rings (SSSR count). The number of hydrogen-bond acceptors (Lipinski definition) is 10.